The van der Waals surface area contributed by atoms with E-state index in [1.54, 1.807) is 6.20 Å². The van der Waals surface area contributed by atoms with Crippen molar-refractivity contribution >= 4 is 41.8 Å². The van der Waals surface area contributed by atoms with Gasteiger partial charge < -0.3 is 9.64 Å². The first kappa shape index (κ1) is 24.6. The van der Waals surface area contributed by atoms with Crippen LogP contribution in [0.1, 0.15) is 13.8 Å². The molecule has 0 radical (unpaired) electrons. The number of aromatic nitrogens is 1. The molecule has 2 atom stereocenters. The molecule has 0 aliphatic heterocycles. The topological polar surface area (TPSA) is 80.8 Å². The van der Waals surface area contributed by atoms with Gasteiger partial charge in [-0.3, -0.25) is 14.3 Å². The number of ether oxygens (including phenoxy) is 1. The van der Waals surface area contributed by atoms with Gasteiger partial charge in [0.1, 0.15) is 6.10 Å². The number of nitrogens with one attached hydrogen (secondary N) is 1. The van der Waals surface area contributed by atoms with E-state index in [9.17, 15) is 8.42 Å². The Bertz CT molecular complexity index is 1130. The zero-order valence-corrected chi connectivity index (χ0v) is 20.5. The maximum atomic E-state index is 12.0. The summed E-state index contributed by atoms with van der Waals surface area (Å²) in [4.78, 5) is 6.42. The van der Waals surface area contributed by atoms with Crippen LogP contribution in [0.4, 0.5) is 11.4 Å². The highest BCUT2D eigenvalue weighted by Gasteiger charge is 2.23. The van der Waals surface area contributed by atoms with E-state index in [1.165, 1.54) is 0 Å². The van der Waals surface area contributed by atoms with Crippen molar-refractivity contribution in [3.8, 4) is 0 Å². The van der Waals surface area contributed by atoms with Crippen LogP contribution in [0.3, 0.4) is 0 Å². The molecule has 32 heavy (non-hydrogen) atoms. The summed E-state index contributed by atoms with van der Waals surface area (Å²) in [6.07, 6.45) is 2.12. The van der Waals surface area contributed by atoms with Crippen LogP contribution in [0.15, 0.2) is 66.9 Å². The lowest BCUT2D eigenvalue weighted by atomic mass is 10.1. The number of hydrogen-bond donors (Lipinski definition) is 1. The minimum absolute atomic E-state index is 0.126. The molecule has 0 bridgehead atoms. The summed E-state index contributed by atoms with van der Waals surface area (Å²) < 4.78 is 35.2. The van der Waals surface area contributed by atoms with Gasteiger partial charge in [0.2, 0.25) is 0 Å². The molecule has 3 aromatic rings. The maximum Gasteiger partial charge on any atom is 0.264 e. The Kier molecular flexibility index (Phi) is 8.20. The Morgan fingerprint density at radius 2 is 1.84 bits per heavy atom. The van der Waals surface area contributed by atoms with Crippen LogP contribution < -0.4 is 9.99 Å². The SMILES string of the molecule is CC(C)(COCC(CN(c1ccccc1)c1ccc2ncccc2c1)OS(C)(=O)=O)NP. The fourth-order valence-electron chi connectivity index (χ4n) is 3.25. The average Bonchev–Trinajstić information content (AvgIpc) is 2.76. The standard InChI is InChI=1S/C23H30N3O4PS/c1-23(2,25-31)17-29-16-21(30-32(3,27)28)15-26(19-9-5-4-6-10-19)20-11-12-22-18(14-20)8-7-13-24-22/h4-14,21,25H,15-17,31H2,1-3H3. The second kappa shape index (κ2) is 10.7. The molecular formula is C23H30N3O4PS. The molecule has 0 spiro atoms. The zero-order chi connectivity index (χ0) is 23.2. The van der Waals surface area contributed by atoms with Crippen LogP contribution in [0.25, 0.3) is 10.9 Å². The second-order valence-electron chi connectivity index (χ2n) is 8.29. The third-order valence-electron chi connectivity index (χ3n) is 4.82. The van der Waals surface area contributed by atoms with E-state index in [0.29, 0.717) is 6.61 Å². The van der Waals surface area contributed by atoms with Crippen molar-refractivity contribution in [1.29, 1.82) is 0 Å². The second-order valence-corrected chi connectivity index (χ2v) is 10.2. The highest BCUT2D eigenvalue weighted by molar-refractivity contribution is 7.86. The van der Waals surface area contributed by atoms with E-state index in [2.05, 4.69) is 19.5 Å². The molecule has 9 heteroatoms. The van der Waals surface area contributed by atoms with Gasteiger partial charge in [-0.1, -0.05) is 33.7 Å². The summed E-state index contributed by atoms with van der Waals surface area (Å²) in [6.45, 7) is 4.80. The summed E-state index contributed by atoms with van der Waals surface area (Å²) in [5, 5.41) is 4.09. The van der Waals surface area contributed by atoms with E-state index >= 15 is 0 Å². The lowest BCUT2D eigenvalue weighted by Gasteiger charge is -2.30. The van der Waals surface area contributed by atoms with Crippen LogP contribution >= 0.6 is 9.39 Å². The fraction of sp³-hybridized carbons (Fsp3) is 0.348. The summed E-state index contributed by atoms with van der Waals surface area (Å²) in [6, 6.07) is 19.7. The number of anilines is 2. The van der Waals surface area contributed by atoms with E-state index in [4.69, 9.17) is 8.92 Å². The van der Waals surface area contributed by atoms with E-state index in [0.717, 1.165) is 28.5 Å². The third kappa shape index (κ3) is 7.22. The van der Waals surface area contributed by atoms with Crippen molar-refractivity contribution in [1.82, 2.24) is 10.1 Å². The average molecular weight is 476 g/mol. The molecule has 0 aliphatic rings. The lowest BCUT2D eigenvalue weighted by Crippen LogP contribution is -2.40. The first-order chi connectivity index (χ1) is 15.2. The van der Waals surface area contributed by atoms with Gasteiger partial charge in [-0.05, 0) is 50.2 Å². The van der Waals surface area contributed by atoms with Crippen LogP contribution in [-0.4, -0.2) is 51.1 Å². The van der Waals surface area contributed by atoms with Crippen molar-refractivity contribution in [3.63, 3.8) is 0 Å². The van der Waals surface area contributed by atoms with Crippen molar-refractivity contribution in [2.75, 3.05) is 30.9 Å². The Morgan fingerprint density at radius 1 is 1.09 bits per heavy atom. The molecule has 1 aromatic heterocycles. The Balaban J connectivity index is 1.90. The van der Waals surface area contributed by atoms with Gasteiger partial charge in [0, 0.05) is 28.5 Å². The minimum Gasteiger partial charge on any atom is -0.377 e. The predicted molar refractivity (Wildman–Crippen MR) is 133 cm³/mol. The zero-order valence-electron chi connectivity index (χ0n) is 18.6. The Labute approximate surface area is 192 Å². The summed E-state index contributed by atoms with van der Waals surface area (Å²) in [7, 11) is -1.20. The van der Waals surface area contributed by atoms with Gasteiger partial charge >= 0.3 is 0 Å². The van der Waals surface area contributed by atoms with Gasteiger partial charge in [0.05, 0.1) is 31.5 Å². The molecule has 1 N–H and O–H groups in total. The largest absolute Gasteiger partial charge is 0.377 e. The normalized spacial score (nSPS) is 13.2. The molecule has 172 valence electrons. The number of pyridine rings is 1. The van der Waals surface area contributed by atoms with Crippen molar-refractivity contribution in [2.24, 2.45) is 0 Å². The third-order valence-corrected chi connectivity index (χ3v) is 6.22. The summed E-state index contributed by atoms with van der Waals surface area (Å²) in [5.41, 5.74) is 2.45. The van der Waals surface area contributed by atoms with Gasteiger partial charge in [-0.25, -0.2) is 0 Å². The van der Waals surface area contributed by atoms with Crippen LogP contribution in [0.2, 0.25) is 0 Å². The molecule has 0 amide bonds. The van der Waals surface area contributed by atoms with Gasteiger partial charge in [0.25, 0.3) is 10.1 Å². The molecule has 7 nitrogen and oxygen atoms in total. The predicted octanol–water partition coefficient (Wildman–Crippen LogP) is 3.89. The molecule has 2 aromatic carbocycles. The van der Waals surface area contributed by atoms with Crippen molar-refractivity contribution in [2.45, 2.75) is 25.5 Å². The minimum atomic E-state index is -3.68. The number of rotatable bonds is 11. The number of benzene rings is 2. The molecule has 1 heterocycles. The molecule has 0 saturated carbocycles. The van der Waals surface area contributed by atoms with Gasteiger partial charge in [-0.2, -0.15) is 8.42 Å². The van der Waals surface area contributed by atoms with Gasteiger partial charge in [0.15, 0.2) is 0 Å². The van der Waals surface area contributed by atoms with Gasteiger partial charge in [-0.15, -0.1) is 0 Å². The van der Waals surface area contributed by atoms with Crippen LogP contribution in [-0.2, 0) is 19.0 Å². The molecule has 2 unspecified atom stereocenters. The number of nitrogens with zero attached hydrogens (tertiary/aromatic N) is 2. The lowest BCUT2D eigenvalue weighted by molar-refractivity contribution is 0.0351. The smallest absolute Gasteiger partial charge is 0.264 e. The van der Waals surface area contributed by atoms with Crippen molar-refractivity contribution in [3.05, 3.63) is 66.9 Å². The molecular weight excluding hydrogens is 445 g/mol. The van der Waals surface area contributed by atoms with Crippen molar-refractivity contribution < 1.29 is 17.3 Å². The van der Waals surface area contributed by atoms with E-state index < -0.39 is 16.2 Å². The molecule has 0 aliphatic carbocycles. The molecule has 3 rings (SSSR count). The Hall–Kier alpha value is -2.09. The first-order valence-corrected chi connectivity index (χ1v) is 12.7. The molecule has 0 fully saturated rings. The number of para-hydroxylation sites is 1. The fourth-order valence-corrected chi connectivity index (χ4v) is 3.94. The number of hydrogen-bond acceptors (Lipinski definition) is 7. The Morgan fingerprint density at radius 3 is 2.53 bits per heavy atom. The highest BCUT2D eigenvalue weighted by Crippen LogP contribution is 2.28. The van der Waals surface area contributed by atoms with E-state index in [1.807, 2.05) is 79.4 Å². The quantitative estimate of drug-likeness (QED) is 0.333. The van der Waals surface area contributed by atoms with Crippen LogP contribution in [0, 0.1) is 0 Å². The molecule has 0 saturated heterocycles. The van der Waals surface area contributed by atoms with E-state index in [-0.39, 0.29) is 18.7 Å². The first-order valence-electron chi connectivity index (χ1n) is 10.3. The summed E-state index contributed by atoms with van der Waals surface area (Å²) >= 11 is 0. The maximum absolute atomic E-state index is 12.0. The highest BCUT2D eigenvalue weighted by atomic mass is 32.2. The van der Waals surface area contributed by atoms with Crippen LogP contribution in [0.5, 0.6) is 0 Å². The number of fused-ring (bicyclic) bond motifs is 1. The monoisotopic (exact) mass is 475 g/mol. The summed E-state index contributed by atoms with van der Waals surface area (Å²) in [5.74, 6) is 0.